The van der Waals surface area contributed by atoms with Crippen LogP contribution < -0.4 is 4.90 Å². The minimum Gasteiger partial charge on any atom is -0.353 e. The third-order valence-electron chi connectivity index (χ3n) is 4.73. The Bertz CT molecular complexity index is 1100. The van der Waals surface area contributed by atoms with Crippen LogP contribution in [0.3, 0.4) is 0 Å². The second-order valence-electron chi connectivity index (χ2n) is 6.73. The summed E-state index contributed by atoms with van der Waals surface area (Å²) in [5, 5.41) is 3.38. The van der Waals surface area contributed by atoms with E-state index in [4.69, 9.17) is 11.6 Å². The lowest BCUT2D eigenvalue weighted by atomic mass is 10.1. The fourth-order valence-electron chi connectivity index (χ4n) is 3.13. The number of carbonyl (C=O) groups excluding carboxylic acids is 1. The molecule has 7 nitrogen and oxygen atoms in total. The molecule has 0 aliphatic carbocycles. The largest absolute Gasteiger partial charge is 0.471 e. The number of anilines is 1. The Morgan fingerprint density at radius 3 is 2.42 bits per heavy atom. The number of aromatic nitrogens is 3. The van der Waals surface area contributed by atoms with Gasteiger partial charge in [-0.15, -0.1) is 0 Å². The molecule has 0 saturated carbocycles. The Kier molecular flexibility index (Phi) is 5.52. The molecule has 12 heteroatoms. The lowest BCUT2D eigenvalue weighted by Gasteiger charge is -2.35. The second kappa shape index (κ2) is 8.14. The second-order valence-corrected chi connectivity index (χ2v) is 7.14. The van der Waals surface area contributed by atoms with Crippen LogP contribution in [0, 0.1) is 5.82 Å². The van der Waals surface area contributed by atoms with Gasteiger partial charge in [0, 0.05) is 37.9 Å². The predicted octanol–water partition coefficient (Wildman–Crippen LogP) is 3.91. The molecule has 3 aromatic rings. The van der Waals surface area contributed by atoms with Gasteiger partial charge in [-0.3, -0.25) is 4.79 Å². The molecule has 1 aromatic carbocycles. The minimum atomic E-state index is -4.71. The van der Waals surface area contributed by atoms with Crippen LogP contribution in [-0.4, -0.2) is 52.1 Å². The molecule has 2 aromatic heterocycles. The Morgan fingerprint density at radius 1 is 1.10 bits per heavy atom. The van der Waals surface area contributed by atoms with E-state index in [9.17, 15) is 22.4 Å². The zero-order valence-electron chi connectivity index (χ0n) is 15.7. The van der Waals surface area contributed by atoms with Crippen LogP contribution in [0.1, 0.15) is 16.2 Å². The van der Waals surface area contributed by atoms with Gasteiger partial charge in [0.1, 0.15) is 11.6 Å². The van der Waals surface area contributed by atoms with Gasteiger partial charge < -0.3 is 14.3 Å². The maximum Gasteiger partial charge on any atom is 0.471 e. The zero-order valence-corrected chi connectivity index (χ0v) is 16.5. The van der Waals surface area contributed by atoms with Crippen molar-refractivity contribution < 1.29 is 26.9 Å². The predicted molar refractivity (Wildman–Crippen MR) is 102 cm³/mol. The number of carbonyl (C=O) groups is 1. The van der Waals surface area contributed by atoms with Gasteiger partial charge in [0.05, 0.1) is 10.6 Å². The minimum absolute atomic E-state index is 0.0554. The van der Waals surface area contributed by atoms with Gasteiger partial charge >= 0.3 is 12.1 Å². The monoisotopic (exact) mass is 455 g/mol. The van der Waals surface area contributed by atoms with Crippen LogP contribution in [0.25, 0.3) is 11.4 Å². The van der Waals surface area contributed by atoms with Crippen molar-refractivity contribution in [1.82, 2.24) is 20.0 Å². The number of rotatable bonds is 3. The third-order valence-corrected chi connectivity index (χ3v) is 5.04. The van der Waals surface area contributed by atoms with Gasteiger partial charge in [-0.05, 0) is 30.3 Å². The maximum atomic E-state index is 13.2. The molecule has 4 rings (SSSR count). The number of hydrogen-bond donors (Lipinski definition) is 0. The van der Waals surface area contributed by atoms with E-state index in [-0.39, 0.29) is 27.9 Å². The average molecular weight is 456 g/mol. The molecule has 0 spiro atoms. The maximum absolute atomic E-state index is 13.2. The summed E-state index contributed by atoms with van der Waals surface area (Å²) < 4.78 is 55.2. The number of halogens is 5. The summed E-state index contributed by atoms with van der Waals surface area (Å²) >= 11 is 5.97. The summed E-state index contributed by atoms with van der Waals surface area (Å²) in [5.41, 5.74) is 0.514. The molecule has 0 atom stereocenters. The Hall–Kier alpha value is -3.21. The van der Waals surface area contributed by atoms with Crippen molar-refractivity contribution in [1.29, 1.82) is 0 Å². The van der Waals surface area contributed by atoms with Gasteiger partial charge in [-0.2, -0.15) is 18.2 Å². The van der Waals surface area contributed by atoms with Crippen LogP contribution in [0.2, 0.25) is 5.02 Å². The van der Waals surface area contributed by atoms with E-state index < -0.39 is 17.9 Å². The van der Waals surface area contributed by atoms with E-state index in [1.807, 2.05) is 4.90 Å². The Balaban J connectivity index is 1.40. The van der Waals surface area contributed by atoms with Crippen molar-refractivity contribution in [3.8, 4) is 11.4 Å². The molecule has 1 fully saturated rings. The molecular weight excluding hydrogens is 442 g/mol. The summed E-state index contributed by atoms with van der Waals surface area (Å²) in [6.45, 7) is 1.76. The number of benzene rings is 1. The van der Waals surface area contributed by atoms with Crippen molar-refractivity contribution in [3.05, 3.63) is 58.8 Å². The molecule has 3 heterocycles. The first-order valence-electron chi connectivity index (χ1n) is 9.09. The van der Waals surface area contributed by atoms with E-state index >= 15 is 0 Å². The lowest BCUT2D eigenvalue weighted by molar-refractivity contribution is -0.159. The highest BCUT2D eigenvalue weighted by molar-refractivity contribution is 6.33. The molecule has 1 amide bonds. The Morgan fingerprint density at radius 2 is 1.84 bits per heavy atom. The smallest absolute Gasteiger partial charge is 0.353 e. The molecule has 0 radical (unpaired) electrons. The molecule has 0 unspecified atom stereocenters. The summed E-state index contributed by atoms with van der Waals surface area (Å²) in [4.78, 5) is 23.8. The number of nitrogens with zero attached hydrogens (tertiary/aromatic N) is 5. The first kappa shape index (κ1) is 21.0. The molecule has 1 saturated heterocycles. The normalized spacial score (nSPS) is 14.7. The van der Waals surface area contributed by atoms with Gasteiger partial charge in [-0.25, -0.2) is 9.37 Å². The van der Waals surface area contributed by atoms with E-state index in [1.54, 1.807) is 17.0 Å². The highest BCUT2D eigenvalue weighted by Crippen LogP contribution is 2.29. The first-order chi connectivity index (χ1) is 14.7. The van der Waals surface area contributed by atoms with Crippen LogP contribution >= 0.6 is 11.6 Å². The summed E-state index contributed by atoms with van der Waals surface area (Å²) in [5.74, 6) is -1.84. The number of piperazine rings is 1. The molecule has 1 aliphatic heterocycles. The Labute approximate surface area is 178 Å². The highest BCUT2D eigenvalue weighted by Gasteiger charge is 2.38. The van der Waals surface area contributed by atoms with Crippen LogP contribution in [-0.2, 0) is 6.18 Å². The topological polar surface area (TPSA) is 75.4 Å². The summed E-state index contributed by atoms with van der Waals surface area (Å²) in [6, 6.07) is 6.81. The van der Waals surface area contributed by atoms with Gasteiger partial charge in [-0.1, -0.05) is 16.8 Å². The fourth-order valence-corrected chi connectivity index (χ4v) is 3.38. The number of hydrogen-bond acceptors (Lipinski definition) is 6. The quantitative estimate of drug-likeness (QED) is 0.557. The summed E-state index contributed by atoms with van der Waals surface area (Å²) in [7, 11) is 0. The average Bonchev–Trinajstić information content (AvgIpc) is 3.25. The van der Waals surface area contributed by atoms with E-state index in [0.29, 0.717) is 32.0 Å². The fraction of sp³-hybridized carbons (Fsp3) is 0.263. The number of amides is 1. The van der Waals surface area contributed by atoms with Crippen molar-refractivity contribution in [3.63, 3.8) is 0 Å². The molecule has 0 N–H and O–H groups in total. The molecule has 1 aliphatic rings. The van der Waals surface area contributed by atoms with Gasteiger partial charge in [0.25, 0.3) is 5.91 Å². The van der Waals surface area contributed by atoms with Crippen molar-refractivity contribution in [2.75, 3.05) is 31.1 Å². The SMILES string of the molecule is O=C(c1ccc(F)cc1Cl)N1CCN(c2ccc(-c3noc(C(F)(F)F)n3)cn2)CC1. The number of alkyl halides is 3. The third kappa shape index (κ3) is 4.46. The van der Waals surface area contributed by atoms with E-state index in [2.05, 4.69) is 19.6 Å². The molecular formula is C19H14ClF4N5O2. The zero-order chi connectivity index (χ0) is 22.2. The lowest BCUT2D eigenvalue weighted by Crippen LogP contribution is -2.49. The van der Waals surface area contributed by atoms with E-state index in [0.717, 1.165) is 6.07 Å². The first-order valence-corrected chi connectivity index (χ1v) is 9.47. The number of pyridine rings is 1. The van der Waals surface area contributed by atoms with Gasteiger partial charge in [0.15, 0.2) is 0 Å². The van der Waals surface area contributed by atoms with Gasteiger partial charge in [0.2, 0.25) is 5.82 Å². The standard InChI is InChI=1S/C19H14ClF4N5O2/c20-14-9-12(21)2-3-13(14)17(30)29-7-5-28(6-8-29)15-4-1-11(10-25-15)16-26-18(31-27-16)19(22,23)24/h1-4,9-10H,5-8H2. The van der Waals surface area contributed by atoms with Crippen LogP contribution in [0.4, 0.5) is 23.4 Å². The van der Waals surface area contributed by atoms with Crippen molar-refractivity contribution >= 4 is 23.3 Å². The molecule has 162 valence electrons. The highest BCUT2D eigenvalue weighted by atomic mass is 35.5. The van der Waals surface area contributed by atoms with Crippen molar-refractivity contribution in [2.24, 2.45) is 0 Å². The van der Waals surface area contributed by atoms with E-state index in [1.165, 1.54) is 18.3 Å². The van der Waals surface area contributed by atoms with Crippen LogP contribution in [0.15, 0.2) is 41.1 Å². The van der Waals surface area contributed by atoms with Crippen LogP contribution in [0.5, 0.6) is 0 Å². The molecule has 31 heavy (non-hydrogen) atoms. The van der Waals surface area contributed by atoms with Crippen molar-refractivity contribution in [2.45, 2.75) is 6.18 Å². The molecule has 0 bridgehead atoms. The summed E-state index contributed by atoms with van der Waals surface area (Å²) in [6.07, 6.45) is -3.36.